The highest BCUT2D eigenvalue weighted by molar-refractivity contribution is 5.94. The van der Waals surface area contributed by atoms with E-state index in [9.17, 15) is 4.79 Å². The molecule has 134 valence electrons. The number of likely N-dealkylation sites (N-methyl/N-ethyl adjacent to an activating group) is 1. The molecule has 1 atom stereocenters. The molecule has 0 spiro atoms. The number of hydrogen-bond acceptors (Lipinski definition) is 6. The van der Waals surface area contributed by atoms with E-state index in [1.54, 1.807) is 6.07 Å². The minimum atomic E-state index is -0.356. The average molecular weight is 344 g/mol. The molecule has 0 N–H and O–H groups in total. The van der Waals surface area contributed by atoms with Gasteiger partial charge in [-0.2, -0.15) is 0 Å². The first-order valence-corrected chi connectivity index (χ1v) is 8.89. The summed E-state index contributed by atoms with van der Waals surface area (Å²) in [5.74, 6) is 0.879. The summed E-state index contributed by atoms with van der Waals surface area (Å²) < 4.78 is 7.07. The first-order valence-electron chi connectivity index (χ1n) is 8.89. The maximum absolute atomic E-state index is 12.7. The van der Waals surface area contributed by atoms with E-state index >= 15 is 0 Å². The molecular formula is C17H24N6O2. The van der Waals surface area contributed by atoms with Crippen LogP contribution in [0.2, 0.25) is 0 Å². The maximum Gasteiger partial charge on any atom is 0.257 e. The summed E-state index contributed by atoms with van der Waals surface area (Å²) in [7, 11) is 4.08. The largest absolute Gasteiger partial charge is 0.472 e. The molecule has 2 fully saturated rings. The van der Waals surface area contributed by atoms with Crippen molar-refractivity contribution >= 4 is 5.91 Å². The minimum Gasteiger partial charge on any atom is -0.472 e. The molecule has 1 saturated carbocycles. The van der Waals surface area contributed by atoms with Crippen LogP contribution in [0.25, 0.3) is 0 Å². The SMILES string of the molecule is CN(C)C1(c2nnnn2C2CCCC2)CCN(C(=O)c2ccoc2)C1. The monoisotopic (exact) mass is 344 g/mol. The van der Waals surface area contributed by atoms with Gasteiger partial charge in [0.1, 0.15) is 11.8 Å². The summed E-state index contributed by atoms with van der Waals surface area (Å²) >= 11 is 0. The van der Waals surface area contributed by atoms with Gasteiger partial charge in [0.25, 0.3) is 5.91 Å². The lowest BCUT2D eigenvalue weighted by atomic mass is 9.95. The lowest BCUT2D eigenvalue weighted by Gasteiger charge is -2.35. The smallest absolute Gasteiger partial charge is 0.257 e. The fraction of sp³-hybridized carbons (Fsp3) is 0.647. The highest BCUT2D eigenvalue weighted by Gasteiger charge is 2.48. The van der Waals surface area contributed by atoms with Crippen LogP contribution in [-0.4, -0.2) is 63.1 Å². The van der Waals surface area contributed by atoms with Crippen molar-refractivity contribution in [3.63, 3.8) is 0 Å². The summed E-state index contributed by atoms with van der Waals surface area (Å²) in [6.07, 6.45) is 8.55. The van der Waals surface area contributed by atoms with E-state index in [4.69, 9.17) is 4.42 Å². The van der Waals surface area contributed by atoms with Crippen molar-refractivity contribution in [1.82, 2.24) is 30.0 Å². The van der Waals surface area contributed by atoms with E-state index in [1.165, 1.54) is 25.4 Å². The molecule has 8 nitrogen and oxygen atoms in total. The number of carbonyl (C=O) groups excluding carboxylic acids is 1. The second-order valence-corrected chi connectivity index (χ2v) is 7.30. The molecule has 2 aliphatic rings. The second-order valence-electron chi connectivity index (χ2n) is 7.30. The normalized spacial score (nSPS) is 24.5. The van der Waals surface area contributed by atoms with E-state index < -0.39 is 0 Å². The average Bonchev–Trinajstić information content (AvgIpc) is 3.42. The Morgan fingerprint density at radius 2 is 2.16 bits per heavy atom. The Bertz CT molecular complexity index is 734. The standard InChI is InChI=1S/C17H24N6O2/c1-21(2)17(16-18-19-20-23(16)14-5-3-4-6-14)8-9-22(12-17)15(24)13-7-10-25-11-13/h7,10-11,14H,3-6,8-9,12H2,1-2H3. The first kappa shape index (κ1) is 16.3. The predicted octanol–water partition coefficient (Wildman–Crippen LogP) is 1.68. The maximum atomic E-state index is 12.7. The highest BCUT2D eigenvalue weighted by Crippen LogP contribution is 2.38. The van der Waals surface area contributed by atoms with Crippen LogP contribution < -0.4 is 0 Å². The van der Waals surface area contributed by atoms with Crippen LogP contribution in [0.15, 0.2) is 23.0 Å². The van der Waals surface area contributed by atoms with Crippen molar-refractivity contribution < 1.29 is 9.21 Å². The van der Waals surface area contributed by atoms with Gasteiger partial charge >= 0.3 is 0 Å². The van der Waals surface area contributed by atoms with Gasteiger partial charge in [0.2, 0.25) is 0 Å². The Hall–Kier alpha value is -2.22. The molecular weight excluding hydrogens is 320 g/mol. The van der Waals surface area contributed by atoms with E-state index in [1.807, 2.05) is 23.7 Å². The Kier molecular flexibility index (Phi) is 4.07. The highest BCUT2D eigenvalue weighted by atomic mass is 16.3. The van der Waals surface area contributed by atoms with Crippen LogP contribution in [0, 0.1) is 0 Å². The van der Waals surface area contributed by atoms with Crippen molar-refractivity contribution in [2.75, 3.05) is 27.2 Å². The molecule has 0 radical (unpaired) electrons. The fourth-order valence-electron chi connectivity index (χ4n) is 4.18. The first-order chi connectivity index (χ1) is 12.1. The van der Waals surface area contributed by atoms with Crippen LogP contribution >= 0.6 is 0 Å². The quantitative estimate of drug-likeness (QED) is 0.839. The number of rotatable bonds is 4. The number of aromatic nitrogens is 4. The van der Waals surface area contributed by atoms with Crippen LogP contribution in [0.1, 0.15) is 54.3 Å². The zero-order valence-electron chi connectivity index (χ0n) is 14.8. The van der Waals surface area contributed by atoms with Crippen LogP contribution in [-0.2, 0) is 5.54 Å². The lowest BCUT2D eigenvalue weighted by molar-refractivity contribution is 0.0736. The van der Waals surface area contributed by atoms with Crippen molar-refractivity contribution in [3.8, 4) is 0 Å². The second kappa shape index (κ2) is 6.25. The van der Waals surface area contributed by atoms with Gasteiger partial charge in [0.15, 0.2) is 5.82 Å². The molecule has 1 aliphatic carbocycles. The summed E-state index contributed by atoms with van der Waals surface area (Å²) in [4.78, 5) is 16.8. The molecule has 2 aromatic rings. The predicted molar refractivity (Wildman–Crippen MR) is 89.9 cm³/mol. The third-order valence-electron chi connectivity index (χ3n) is 5.74. The molecule has 0 aromatic carbocycles. The summed E-state index contributed by atoms with van der Waals surface area (Å²) in [6.45, 7) is 1.26. The molecule has 8 heteroatoms. The van der Waals surface area contributed by atoms with Gasteiger partial charge in [-0.15, -0.1) is 5.10 Å². The number of nitrogens with zero attached hydrogens (tertiary/aromatic N) is 6. The Morgan fingerprint density at radius 1 is 1.36 bits per heavy atom. The molecule has 2 aromatic heterocycles. The van der Waals surface area contributed by atoms with Gasteiger partial charge in [0, 0.05) is 13.1 Å². The third kappa shape index (κ3) is 2.64. The fourth-order valence-corrected chi connectivity index (χ4v) is 4.18. The molecule has 1 saturated heterocycles. The number of amides is 1. The summed E-state index contributed by atoms with van der Waals surface area (Å²) in [6, 6.07) is 2.08. The van der Waals surface area contributed by atoms with E-state index in [-0.39, 0.29) is 11.4 Å². The van der Waals surface area contributed by atoms with E-state index in [0.29, 0.717) is 24.7 Å². The van der Waals surface area contributed by atoms with Crippen LogP contribution in [0.5, 0.6) is 0 Å². The molecule has 3 heterocycles. The number of furan rings is 1. The van der Waals surface area contributed by atoms with Gasteiger partial charge in [0.05, 0.1) is 17.9 Å². The van der Waals surface area contributed by atoms with Crippen molar-refractivity contribution in [3.05, 3.63) is 30.0 Å². The Balaban J connectivity index is 1.64. The van der Waals surface area contributed by atoms with Crippen molar-refractivity contribution in [1.29, 1.82) is 0 Å². The topological polar surface area (TPSA) is 80.3 Å². The lowest BCUT2D eigenvalue weighted by Crippen LogP contribution is -2.47. The zero-order valence-corrected chi connectivity index (χ0v) is 14.8. The summed E-state index contributed by atoms with van der Waals surface area (Å²) in [5, 5.41) is 12.7. The van der Waals surface area contributed by atoms with Gasteiger partial charge in [-0.1, -0.05) is 12.8 Å². The van der Waals surface area contributed by atoms with Gasteiger partial charge in [-0.3, -0.25) is 9.69 Å². The van der Waals surface area contributed by atoms with E-state index in [0.717, 1.165) is 25.1 Å². The Labute approximate surface area is 146 Å². The van der Waals surface area contributed by atoms with Gasteiger partial charge in [-0.05, 0) is 49.9 Å². The molecule has 1 amide bonds. The number of tetrazole rings is 1. The molecule has 25 heavy (non-hydrogen) atoms. The molecule has 0 bridgehead atoms. The van der Waals surface area contributed by atoms with E-state index in [2.05, 4.69) is 20.4 Å². The zero-order chi connectivity index (χ0) is 17.4. The van der Waals surface area contributed by atoms with Gasteiger partial charge < -0.3 is 9.32 Å². The third-order valence-corrected chi connectivity index (χ3v) is 5.74. The minimum absolute atomic E-state index is 0.00244. The van der Waals surface area contributed by atoms with Crippen LogP contribution in [0.4, 0.5) is 0 Å². The number of carbonyl (C=O) groups is 1. The van der Waals surface area contributed by atoms with Crippen molar-refractivity contribution in [2.24, 2.45) is 0 Å². The van der Waals surface area contributed by atoms with Gasteiger partial charge in [-0.25, -0.2) is 4.68 Å². The number of hydrogen-bond donors (Lipinski definition) is 0. The molecule has 1 aliphatic heterocycles. The molecule has 1 unspecified atom stereocenters. The van der Waals surface area contributed by atoms with Crippen molar-refractivity contribution in [2.45, 2.75) is 43.7 Å². The Morgan fingerprint density at radius 3 is 2.84 bits per heavy atom. The van der Waals surface area contributed by atoms with Crippen LogP contribution in [0.3, 0.4) is 0 Å². The summed E-state index contributed by atoms with van der Waals surface area (Å²) in [5.41, 5.74) is 0.232. The number of likely N-dealkylation sites (tertiary alicyclic amines) is 1. The molecule has 4 rings (SSSR count).